The highest BCUT2D eigenvalue weighted by atomic mass is 15.3. The van der Waals surface area contributed by atoms with E-state index in [9.17, 15) is 0 Å². The Kier molecular flexibility index (Phi) is 27.7. The van der Waals surface area contributed by atoms with Gasteiger partial charge in [-0.25, -0.2) is 63.4 Å². The zero-order valence-electron chi connectivity index (χ0n) is 78.0. The van der Waals surface area contributed by atoms with Gasteiger partial charge in [0.1, 0.15) is 17.3 Å². The second-order valence-corrected chi connectivity index (χ2v) is 34.2. The van der Waals surface area contributed by atoms with Crippen molar-refractivity contribution in [3.05, 3.63) is 203 Å². The number of imidazole rings is 3. The lowest BCUT2D eigenvalue weighted by Crippen LogP contribution is -2.06. The Balaban J connectivity index is 0.000000167. The van der Waals surface area contributed by atoms with Gasteiger partial charge in [-0.05, 0) is 315 Å². The van der Waals surface area contributed by atoms with E-state index in [4.69, 9.17) is 9.97 Å². The van der Waals surface area contributed by atoms with Crippen molar-refractivity contribution in [2.24, 2.45) is 0 Å². The van der Waals surface area contributed by atoms with Crippen molar-refractivity contribution in [1.82, 2.24) is 96.9 Å². The summed E-state index contributed by atoms with van der Waals surface area (Å²) in [6, 6.07) is 0. The minimum absolute atomic E-state index is 0.464. The highest BCUT2D eigenvalue weighted by molar-refractivity contribution is 5.85. The van der Waals surface area contributed by atoms with Gasteiger partial charge >= 0.3 is 0 Å². The number of pyridine rings is 2. The van der Waals surface area contributed by atoms with Crippen LogP contribution in [0.1, 0.15) is 342 Å². The third-order valence-corrected chi connectivity index (χ3v) is 23.6. The Morgan fingerprint density at radius 1 is 0.193 bits per heavy atom. The molecule has 0 atom stereocenters. The monoisotopic (exact) mass is 1550 g/mol. The van der Waals surface area contributed by atoms with Gasteiger partial charge in [0.25, 0.3) is 5.78 Å². The summed E-state index contributed by atoms with van der Waals surface area (Å²) in [7, 11) is 0. The summed E-state index contributed by atoms with van der Waals surface area (Å²) < 4.78 is 12.4. The maximum absolute atomic E-state index is 4.80. The summed E-state index contributed by atoms with van der Waals surface area (Å²) >= 11 is 0. The van der Waals surface area contributed by atoms with E-state index < -0.39 is 0 Å². The van der Waals surface area contributed by atoms with E-state index >= 15 is 0 Å². The first-order chi connectivity index (χ1) is 52.9. The van der Waals surface area contributed by atoms with E-state index in [1.807, 2.05) is 62.0 Å². The summed E-state index contributed by atoms with van der Waals surface area (Å²) in [5.41, 5.74) is 46.5. The lowest BCUT2D eigenvalue weighted by atomic mass is 9.92. The Morgan fingerprint density at radius 3 is 1.07 bits per heavy atom. The average molecular weight is 1550 g/mol. The molecule has 20 heteroatoms. The molecule has 0 aliphatic carbocycles. The molecule has 0 spiro atoms. The topological polar surface area (TPSA) is 207 Å². The molecule has 0 fully saturated rings. The van der Waals surface area contributed by atoms with Crippen LogP contribution >= 0.6 is 0 Å². The standard InChI is InChI=1S/C16H22N2.C15H22N2.4C13H19N3.C11H16N4/c1-8(2)14-11(5)15-10(4)9(3)12(6)17-16(15)18-13(14)7;1-8(2)14-11(5)16-15-10(4)9(3)12(6)17(15)13(14)7;1-7(2)12-8(3)15-13-9(4)14-11(6)16(13)10(12)5;1-7(2)12-8(3)13-14-9(4)11(6)16(13)15-10(12)5;1-7(2)12-9(4)15-13-14-8(3)10(5)16(13)11(12)6;1-7(2)12-10(5)14-13-8(3)9(4)15-16(13)11(12)6;1-6(2)10-7(3)12-11-13-9(5)14-15(11)8(10)4/h8H,1-7H3;8H,1-7H3;4*7H,1-6H3;6H,1-5H3. The van der Waals surface area contributed by atoms with Crippen molar-refractivity contribution in [2.75, 3.05) is 0 Å². The fraction of sp³-hybridized carbons (Fsp3) is 0.532. The number of aromatic nitrogens is 20. The molecule has 612 valence electrons. The van der Waals surface area contributed by atoms with Crippen LogP contribution in [0.2, 0.25) is 0 Å². The molecular formula is C94H136N20. The van der Waals surface area contributed by atoms with Crippen LogP contribution < -0.4 is 0 Å². The number of aryl methyl sites for hydroxylation is 27. The molecule has 0 saturated heterocycles. The highest BCUT2D eigenvalue weighted by Crippen LogP contribution is 2.35. The normalized spacial score (nSPS) is 11.7. The van der Waals surface area contributed by atoms with Crippen molar-refractivity contribution in [3.63, 3.8) is 0 Å². The molecule has 0 unspecified atom stereocenters. The quantitative estimate of drug-likeness (QED) is 0.145. The molecule has 0 amide bonds. The van der Waals surface area contributed by atoms with Crippen LogP contribution in [0.5, 0.6) is 0 Å². The number of nitrogens with zero attached hydrogens (tertiary/aromatic N) is 20. The SMILES string of the molecule is Cc1nc2c(C)c(C)c(C)n2c(C)c1C(C)C.Cc1nc2c(C)c(C)nn2c(C)c1C(C)C.Cc1nc2c(C)nc(C)n2c(C)c1C(C)C.Cc1nc2nc(C)c(C(C)C)c(C)c2c(C)c1C.Cc1nc2nc(C)c(C(C)C)c(C)n2n1.Cc1nc2nc(C)c(C)n2c(C)c1C(C)C.Cc1nn2c(C)c(C)nc2c(C)c1C(C)C. The summed E-state index contributed by atoms with van der Waals surface area (Å²) in [5, 5.41) is 14.8. The van der Waals surface area contributed by atoms with Crippen LogP contribution in [0.25, 0.3) is 45.2 Å². The first-order valence-corrected chi connectivity index (χ1v) is 41.1. The van der Waals surface area contributed by atoms with Gasteiger partial charge in [-0.2, -0.15) is 20.3 Å². The molecule has 14 heterocycles. The first kappa shape index (κ1) is 89.8. The molecule has 0 saturated carbocycles. The number of rotatable bonds is 7. The van der Waals surface area contributed by atoms with Crippen LogP contribution in [0, 0.1) is 201 Å². The van der Waals surface area contributed by atoms with Gasteiger partial charge < -0.3 is 4.40 Å². The molecule has 0 aromatic carbocycles. The second-order valence-electron chi connectivity index (χ2n) is 34.2. The predicted octanol–water partition coefficient (Wildman–Crippen LogP) is 22.8. The molecule has 14 aromatic heterocycles. The zero-order chi connectivity index (χ0) is 85.8. The lowest BCUT2D eigenvalue weighted by molar-refractivity contribution is 0.775. The fourth-order valence-corrected chi connectivity index (χ4v) is 17.9. The smallest absolute Gasteiger partial charge is 0.252 e. The Morgan fingerprint density at radius 2 is 0.561 bits per heavy atom. The van der Waals surface area contributed by atoms with Gasteiger partial charge in [0.2, 0.25) is 5.78 Å². The van der Waals surface area contributed by atoms with Crippen LogP contribution in [-0.2, 0) is 0 Å². The number of hydrogen-bond acceptors (Lipinski definition) is 14. The first-order valence-electron chi connectivity index (χ1n) is 41.1. The van der Waals surface area contributed by atoms with Crippen molar-refractivity contribution in [2.45, 2.75) is 339 Å². The molecule has 0 N–H and O–H groups in total. The molecule has 14 aromatic rings. The van der Waals surface area contributed by atoms with Crippen molar-refractivity contribution in [3.8, 4) is 0 Å². The van der Waals surface area contributed by atoms with Crippen molar-refractivity contribution >= 4 is 45.2 Å². The Labute approximate surface area is 680 Å². The van der Waals surface area contributed by atoms with E-state index in [1.54, 1.807) is 0 Å². The second kappa shape index (κ2) is 35.2. The molecule has 20 nitrogen and oxygen atoms in total. The Bertz CT molecular complexity index is 5830. The minimum Gasteiger partial charge on any atom is -0.302 e. The van der Waals surface area contributed by atoms with Crippen LogP contribution in [0.15, 0.2) is 0 Å². The Hall–Kier alpha value is -9.72. The number of hydrogen-bond donors (Lipinski definition) is 0. The zero-order valence-corrected chi connectivity index (χ0v) is 78.0. The van der Waals surface area contributed by atoms with E-state index in [1.165, 1.54) is 123 Å². The maximum Gasteiger partial charge on any atom is 0.252 e. The molecule has 0 radical (unpaired) electrons. The van der Waals surface area contributed by atoms with Gasteiger partial charge in [0.05, 0.1) is 34.2 Å². The van der Waals surface area contributed by atoms with Gasteiger partial charge in [-0.1, -0.05) is 96.9 Å². The van der Waals surface area contributed by atoms with E-state index in [-0.39, 0.29) is 0 Å². The molecule has 0 aliphatic rings. The van der Waals surface area contributed by atoms with E-state index in [0.717, 1.165) is 120 Å². The van der Waals surface area contributed by atoms with Crippen molar-refractivity contribution in [1.29, 1.82) is 0 Å². The van der Waals surface area contributed by atoms with E-state index in [0.29, 0.717) is 47.2 Å². The molecule has 14 rings (SSSR count). The highest BCUT2D eigenvalue weighted by Gasteiger charge is 2.24. The lowest BCUT2D eigenvalue weighted by Gasteiger charge is -2.18. The fourth-order valence-electron chi connectivity index (χ4n) is 17.9. The number of fused-ring (bicyclic) bond motifs is 7. The van der Waals surface area contributed by atoms with Gasteiger partial charge in [-0.3, -0.25) is 8.80 Å². The largest absolute Gasteiger partial charge is 0.302 e. The summed E-state index contributed by atoms with van der Waals surface area (Å²) in [5.74, 6) is 6.80. The van der Waals surface area contributed by atoms with E-state index in [2.05, 4.69) is 323 Å². The predicted molar refractivity (Wildman–Crippen MR) is 473 cm³/mol. The van der Waals surface area contributed by atoms with Gasteiger partial charge in [0, 0.05) is 90.7 Å². The molecule has 114 heavy (non-hydrogen) atoms. The third kappa shape index (κ3) is 17.3. The summed E-state index contributed by atoms with van der Waals surface area (Å²) in [4.78, 5) is 50.4. The molecular weight excluding hydrogens is 1410 g/mol. The molecule has 0 aliphatic heterocycles. The van der Waals surface area contributed by atoms with Gasteiger partial charge in [0.15, 0.2) is 22.6 Å². The third-order valence-electron chi connectivity index (χ3n) is 23.6. The average Bonchev–Trinajstić information content (AvgIpc) is 1.66. The summed E-state index contributed by atoms with van der Waals surface area (Å²) in [6.45, 7) is 91.8. The molecule has 0 bridgehead atoms. The van der Waals surface area contributed by atoms with Crippen molar-refractivity contribution < 1.29 is 0 Å². The summed E-state index contributed by atoms with van der Waals surface area (Å²) in [6.07, 6.45) is 0. The van der Waals surface area contributed by atoms with Crippen LogP contribution in [0.4, 0.5) is 0 Å². The van der Waals surface area contributed by atoms with Crippen LogP contribution in [0.3, 0.4) is 0 Å². The minimum atomic E-state index is 0.464. The van der Waals surface area contributed by atoms with Gasteiger partial charge in [-0.15, -0.1) is 0 Å². The maximum atomic E-state index is 4.80. The van der Waals surface area contributed by atoms with Crippen LogP contribution in [-0.4, -0.2) is 96.9 Å².